The Hall–Kier alpha value is -2.08. The third kappa shape index (κ3) is 3.65. The second kappa shape index (κ2) is 4.97. The molecule has 0 atom stereocenters. The van der Waals surface area contributed by atoms with Crippen LogP contribution in [0.5, 0.6) is 0 Å². The Morgan fingerprint density at radius 2 is 1.87 bits per heavy atom. The normalized spacial score (nSPS) is 11.1. The molecule has 15 heavy (non-hydrogen) atoms. The molecule has 0 unspecified atom stereocenters. The monoisotopic (exact) mass is 207 g/mol. The van der Waals surface area contributed by atoms with Crippen LogP contribution in [0.15, 0.2) is 35.4 Å². The fourth-order valence-corrected chi connectivity index (χ4v) is 0.993. The van der Waals surface area contributed by atoms with E-state index < -0.39 is 5.91 Å². The smallest absolute Gasteiger partial charge is 0.285 e. The van der Waals surface area contributed by atoms with Crippen LogP contribution < -0.4 is 17.3 Å². The lowest BCUT2D eigenvalue weighted by Crippen LogP contribution is -2.36. The molecule has 0 aliphatic rings. The van der Waals surface area contributed by atoms with E-state index in [1.54, 1.807) is 0 Å². The summed E-state index contributed by atoms with van der Waals surface area (Å²) in [5, 5.41) is 4.67. The minimum Gasteiger partial charge on any atom is -0.378 e. The number of carbonyl (C=O) groups is 1. The average molecular weight is 207 g/mol. The van der Waals surface area contributed by atoms with Crippen molar-refractivity contribution in [3.05, 3.63) is 35.9 Å². The van der Waals surface area contributed by atoms with Gasteiger partial charge < -0.3 is 11.5 Å². The molecule has 0 spiro atoms. The third-order valence-electron chi connectivity index (χ3n) is 1.68. The highest BCUT2D eigenvalue weighted by Crippen LogP contribution is 2.00. The van der Waals surface area contributed by atoms with Crippen molar-refractivity contribution in [1.29, 1.82) is 0 Å². The fraction of sp³-hybridized carbons (Fsp3) is 0.111. The highest BCUT2D eigenvalue weighted by molar-refractivity contribution is 6.36. The summed E-state index contributed by atoms with van der Waals surface area (Å²) < 4.78 is 0. The zero-order chi connectivity index (χ0) is 11.3. The molecule has 0 radical (unpaired) electrons. The lowest BCUT2D eigenvalue weighted by atomic mass is 10.2. The number of amides is 1. The first-order valence-electron chi connectivity index (χ1n) is 4.29. The average Bonchev–Trinajstić information content (AvgIpc) is 2.18. The molecule has 6 heteroatoms. The Morgan fingerprint density at radius 1 is 1.27 bits per heavy atom. The molecule has 0 saturated carbocycles. The second-order valence-corrected chi connectivity index (χ2v) is 2.93. The summed E-state index contributed by atoms with van der Waals surface area (Å²) >= 11 is 0. The van der Waals surface area contributed by atoms with E-state index >= 15 is 0 Å². The molecule has 1 aromatic carbocycles. The van der Waals surface area contributed by atoms with Gasteiger partial charge in [0.2, 0.25) is 5.84 Å². The Labute approximate surface area is 87.3 Å². The summed E-state index contributed by atoms with van der Waals surface area (Å²) in [6, 6.07) is 9.42. The Morgan fingerprint density at radius 3 is 2.40 bits per heavy atom. The number of primary amides is 1. The molecule has 1 rings (SSSR count). The number of benzene rings is 1. The molecule has 0 aliphatic carbocycles. The molecule has 6 N–H and O–H groups in total. The fourth-order valence-electron chi connectivity index (χ4n) is 0.993. The van der Waals surface area contributed by atoms with Gasteiger partial charge in [0, 0.05) is 0 Å². The van der Waals surface area contributed by atoms with Gasteiger partial charge >= 0.3 is 0 Å². The van der Waals surface area contributed by atoms with Gasteiger partial charge in [-0.05, 0) is 5.56 Å². The Kier molecular flexibility index (Phi) is 3.64. The highest BCUT2D eigenvalue weighted by atomic mass is 16.1. The summed E-state index contributed by atoms with van der Waals surface area (Å²) in [6.45, 7) is 0.356. The van der Waals surface area contributed by atoms with E-state index in [0.29, 0.717) is 6.54 Å². The number of hydrogen-bond donors (Lipinski definition) is 3. The van der Waals surface area contributed by atoms with Gasteiger partial charge in [-0.2, -0.15) is 0 Å². The zero-order valence-corrected chi connectivity index (χ0v) is 8.13. The predicted octanol–water partition coefficient (Wildman–Crippen LogP) is -0.880. The van der Waals surface area contributed by atoms with Gasteiger partial charge in [-0.25, -0.2) is 11.0 Å². The zero-order valence-electron chi connectivity index (χ0n) is 8.13. The molecule has 0 aliphatic heterocycles. The van der Waals surface area contributed by atoms with Crippen LogP contribution in [-0.4, -0.2) is 16.9 Å². The van der Waals surface area contributed by atoms with Crippen LogP contribution in [0.1, 0.15) is 5.56 Å². The topological polar surface area (TPSA) is 111 Å². The summed E-state index contributed by atoms with van der Waals surface area (Å²) in [5.74, 6) is 4.40. The van der Waals surface area contributed by atoms with Crippen LogP contribution >= 0.6 is 0 Å². The number of hydrazine groups is 1. The molecular formula is C9H13N5O. The maximum atomic E-state index is 10.6. The lowest BCUT2D eigenvalue weighted by Gasteiger charge is -2.12. The van der Waals surface area contributed by atoms with Gasteiger partial charge in [0.25, 0.3) is 5.91 Å². The Bertz CT molecular complexity index is 362. The highest BCUT2D eigenvalue weighted by Gasteiger charge is 2.03. The van der Waals surface area contributed by atoms with Crippen molar-refractivity contribution in [2.75, 3.05) is 0 Å². The standard InChI is InChI=1S/C9H13N5O/c10-8(9(11)15)13-14(12)6-7-4-2-1-3-5-7/h1-5H,6,12H2,(H2,10,13)(H2,11,15). The van der Waals surface area contributed by atoms with Gasteiger partial charge in [0.15, 0.2) is 0 Å². The minimum atomic E-state index is -0.793. The van der Waals surface area contributed by atoms with E-state index in [-0.39, 0.29) is 5.84 Å². The van der Waals surface area contributed by atoms with Crippen LogP contribution in [0.3, 0.4) is 0 Å². The first kappa shape index (κ1) is 11.0. The number of nitrogens with zero attached hydrogens (tertiary/aromatic N) is 2. The van der Waals surface area contributed by atoms with Crippen molar-refractivity contribution in [3.8, 4) is 0 Å². The molecule has 0 aromatic heterocycles. The van der Waals surface area contributed by atoms with Crippen molar-refractivity contribution in [1.82, 2.24) is 5.12 Å². The van der Waals surface area contributed by atoms with E-state index in [4.69, 9.17) is 17.3 Å². The van der Waals surface area contributed by atoms with Gasteiger partial charge in [0.1, 0.15) is 0 Å². The molecule has 1 amide bonds. The Balaban J connectivity index is 2.61. The third-order valence-corrected chi connectivity index (χ3v) is 1.68. The van der Waals surface area contributed by atoms with Crippen molar-refractivity contribution in [2.24, 2.45) is 22.4 Å². The van der Waals surface area contributed by atoms with Gasteiger partial charge in [-0.1, -0.05) is 30.3 Å². The first-order chi connectivity index (χ1) is 7.09. The number of hydrazone groups is 1. The number of nitrogens with two attached hydrogens (primary N) is 3. The maximum absolute atomic E-state index is 10.6. The SMILES string of the molecule is NC(=O)/C(N)=N/N(N)Cc1ccccc1. The first-order valence-corrected chi connectivity index (χ1v) is 4.29. The summed E-state index contributed by atoms with van der Waals surface area (Å²) in [5.41, 5.74) is 11.1. The van der Waals surface area contributed by atoms with Crippen molar-refractivity contribution < 1.29 is 4.79 Å². The molecule has 0 fully saturated rings. The van der Waals surface area contributed by atoms with Crippen molar-refractivity contribution in [2.45, 2.75) is 6.54 Å². The van der Waals surface area contributed by atoms with Gasteiger partial charge in [-0.3, -0.25) is 4.79 Å². The molecule has 1 aromatic rings. The molecule has 6 nitrogen and oxygen atoms in total. The molecule has 0 bridgehead atoms. The summed E-state index contributed by atoms with van der Waals surface area (Å²) in [4.78, 5) is 10.6. The number of hydrogen-bond acceptors (Lipinski definition) is 4. The largest absolute Gasteiger partial charge is 0.378 e. The number of rotatable bonds is 3. The van der Waals surface area contributed by atoms with E-state index in [1.165, 1.54) is 0 Å². The predicted molar refractivity (Wildman–Crippen MR) is 57.0 cm³/mol. The lowest BCUT2D eigenvalue weighted by molar-refractivity contribution is -0.112. The maximum Gasteiger partial charge on any atom is 0.285 e. The quantitative estimate of drug-likeness (QED) is 0.258. The van der Waals surface area contributed by atoms with E-state index in [1.807, 2.05) is 30.3 Å². The number of amidine groups is 1. The van der Waals surface area contributed by atoms with E-state index in [9.17, 15) is 4.79 Å². The second-order valence-electron chi connectivity index (χ2n) is 2.93. The van der Waals surface area contributed by atoms with Gasteiger partial charge in [0.05, 0.1) is 6.54 Å². The van der Waals surface area contributed by atoms with E-state index in [2.05, 4.69) is 5.10 Å². The van der Waals surface area contributed by atoms with Gasteiger partial charge in [-0.15, -0.1) is 5.10 Å². The van der Waals surface area contributed by atoms with Crippen LogP contribution in [0.25, 0.3) is 0 Å². The summed E-state index contributed by atoms with van der Waals surface area (Å²) in [7, 11) is 0. The molecule has 0 heterocycles. The number of carbonyl (C=O) groups excluding carboxylic acids is 1. The van der Waals surface area contributed by atoms with E-state index in [0.717, 1.165) is 10.7 Å². The van der Waals surface area contributed by atoms with Crippen LogP contribution in [-0.2, 0) is 11.3 Å². The van der Waals surface area contributed by atoms with Crippen LogP contribution in [0.4, 0.5) is 0 Å². The van der Waals surface area contributed by atoms with Crippen molar-refractivity contribution in [3.63, 3.8) is 0 Å². The molecule has 80 valence electrons. The van der Waals surface area contributed by atoms with Crippen LogP contribution in [0.2, 0.25) is 0 Å². The van der Waals surface area contributed by atoms with Crippen molar-refractivity contribution >= 4 is 11.7 Å². The molecular weight excluding hydrogens is 194 g/mol. The minimum absolute atomic E-state index is 0.312. The molecule has 0 saturated heterocycles. The van der Waals surface area contributed by atoms with Crippen LogP contribution in [0, 0.1) is 0 Å². The summed E-state index contributed by atoms with van der Waals surface area (Å²) in [6.07, 6.45) is 0.